The van der Waals surface area contributed by atoms with E-state index < -0.39 is 9.84 Å². The number of nitrogens with two attached hydrogens (primary N) is 1. The minimum atomic E-state index is -2.95. The van der Waals surface area contributed by atoms with E-state index in [4.69, 9.17) is 5.73 Å². The second-order valence-corrected chi connectivity index (χ2v) is 3.37. The van der Waals surface area contributed by atoms with Crippen LogP contribution in [0.2, 0.25) is 0 Å². The van der Waals surface area contributed by atoms with Crippen molar-refractivity contribution in [2.75, 3.05) is 12.8 Å². The van der Waals surface area contributed by atoms with Crippen LogP contribution in [0, 0.1) is 0 Å². The Hall–Kier alpha value is -0.0600. The fourth-order valence-corrected chi connectivity index (χ4v) is 0.691. The van der Waals surface area contributed by atoms with Crippen LogP contribution in [0.4, 0.5) is 0 Å². The van der Waals surface area contributed by atoms with Gasteiger partial charge in [0.1, 0.15) is 0 Å². The molecule has 2 N–H and O–H groups in total. The van der Waals surface area contributed by atoms with E-state index in [1.54, 1.807) is 0 Å². The first-order valence-electron chi connectivity index (χ1n) is 2.13. The Kier molecular flexibility index (Phi) is 6.22. The molecule has 0 bridgehead atoms. The van der Waals surface area contributed by atoms with Gasteiger partial charge in [0.2, 0.25) is 0 Å². The first-order chi connectivity index (χ1) is 3.56. The summed E-state index contributed by atoms with van der Waals surface area (Å²) in [7, 11) is -2.95. The fraction of sp³-hybridized carbons (Fsp3) is 0.500. The summed E-state index contributed by atoms with van der Waals surface area (Å²) in [6.07, 6.45) is 2.52. The number of halogens is 1. The highest BCUT2D eigenvalue weighted by molar-refractivity contribution is 7.93. The summed E-state index contributed by atoms with van der Waals surface area (Å²) in [4.78, 5) is 0. The third kappa shape index (κ3) is 11.5. The number of hydrogen-bond acceptors (Lipinski definition) is 3. The highest BCUT2D eigenvalue weighted by atomic mass is 35.5. The Balaban J connectivity index is 0. The lowest BCUT2D eigenvalue weighted by molar-refractivity contribution is 0.610. The molecule has 56 valence electrons. The van der Waals surface area contributed by atoms with E-state index in [0.717, 1.165) is 11.7 Å². The van der Waals surface area contributed by atoms with Gasteiger partial charge in [0.25, 0.3) is 0 Å². The molecule has 0 aliphatic carbocycles. The molecule has 0 saturated heterocycles. The van der Waals surface area contributed by atoms with E-state index in [9.17, 15) is 8.42 Å². The Labute approximate surface area is 61.3 Å². The minimum Gasteiger partial charge on any atom is -0.327 e. The van der Waals surface area contributed by atoms with Crippen molar-refractivity contribution in [2.24, 2.45) is 5.73 Å². The van der Waals surface area contributed by atoms with Crippen LogP contribution >= 0.6 is 12.4 Å². The zero-order chi connectivity index (χ0) is 6.62. The summed E-state index contributed by atoms with van der Waals surface area (Å²) >= 11 is 0. The van der Waals surface area contributed by atoms with Crippen molar-refractivity contribution < 1.29 is 8.42 Å². The SMILES string of the molecule is CS(=O)(=O)/C=C/CN.Cl. The van der Waals surface area contributed by atoms with Gasteiger partial charge >= 0.3 is 0 Å². The molecule has 0 saturated carbocycles. The molecule has 0 aliphatic rings. The monoisotopic (exact) mass is 171 g/mol. The number of sulfone groups is 1. The molecule has 0 radical (unpaired) electrons. The Morgan fingerprint density at radius 2 is 2.00 bits per heavy atom. The van der Waals surface area contributed by atoms with Crippen LogP contribution in [0.3, 0.4) is 0 Å². The van der Waals surface area contributed by atoms with Gasteiger partial charge in [0.15, 0.2) is 9.84 Å². The molecule has 0 heterocycles. The van der Waals surface area contributed by atoms with Crippen molar-refractivity contribution in [3.63, 3.8) is 0 Å². The van der Waals surface area contributed by atoms with Crippen LogP contribution in [-0.4, -0.2) is 21.2 Å². The molecule has 5 heteroatoms. The summed E-state index contributed by atoms with van der Waals surface area (Å²) in [6.45, 7) is 0.271. The first-order valence-corrected chi connectivity index (χ1v) is 4.08. The first kappa shape index (κ1) is 11.7. The minimum absolute atomic E-state index is 0. The summed E-state index contributed by atoms with van der Waals surface area (Å²) in [5.41, 5.74) is 4.98. The Morgan fingerprint density at radius 3 is 2.11 bits per heavy atom. The molecule has 0 aromatic rings. The van der Waals surface area contributed by atoms with Gasteiger partial charge < -0.3 is 5.73 Å². The van der Waals surface area contributed by atoms with Crippen molar-refractivity contribution in [1.29, 1.82) is 0 Å². The maximum Gasteiger partial charge on any atom is 0.168 e. The zero-order valence-corrected chi connectivity index (χ0v) is 6.71. The molecule has 0 unspecified atom stereocenters. The van der Waals surface area contributed by atoms with Gasteiger partial charge in [-0.15, -0.1) is 12.4 Å². The Morgan fingerprint density at radius 1 is 1.56 bits per heavy atom. The predicted molar refractivity (Wildman–Crippen MR) is 40.3 cm³/mol. The lowest BCUT2D eigenvalue weighted by Gasteiger charge is -1.80. The third-order valence-corrected chi connectivity index (χ3v) is 1.17. The zero-order valence-electron chi connectivity index (χ0n) is 5.07. The third-order valence-electron chi connectivity index (χ3n) is 0.480. The summed E-state index contributed by atoms with van der Waals surface area (Å²) in [5.74, 6) is 0. The summed E-state index contributed by atoms with van der Waals surface area (Å²) < 4.78 is 20.5. The molecule has 3 nitrogen and oxygen atoms in total. The van der Waals surface area contributed by atoms with Crippen molar-refractivity contribution in [3.05, 3.63) is 11.5 Å². The predicted octanol–water partition coefficient (Wildman–Crippen LogP) is -0.0748. The second kappa shape index (κ2) is 4.78. The number of hydrogen-bond donors (Lipinski definition) is 1. The van der Waals surface area contributed by atoms with Gasteiger partial charge in [-0.1, -0.05) is 6.08 Å². The molecule has 0 aromatic carbocycles. The van der Waals surface area contributed by atoms with Crippen LogP contribution in [0.1, 0.15) is 0 Å². The highest BCUT2D eigenvalue weighted by Gasteiger charge is 1.88. The Bertz CT molecular complexity index is 173. The van der Waals surface area contributed by atoms with Gasteiger partial charge in [-0.3, -0.25) is 0 Å². The van der Waals surface area contributed by atoms with E-state index >= 15 is 0 Å². The molecular weight excluding hydrogens is 162 g/mol. The van der Waals surface area contributed by atoms with E-state index in [1.165, 1.54) is 6.08 Å². The van der Waals surface area contributed by atoms with Crippen LogP contribution in [0.15, 0.2) is 11.5 Å². The average Bonchev–Trinajstić information content (AvgIpc) is 1.59. The van der Waals surface area contributed by atoms with E-state index in [0.29, 0.717) is 0 Å². The van der Waals surface area contributed by atoms with E-state index in [1.807, 2.05) is 0 Å². The highest BCUT2D eigenvalue weighted by Crippen LogP contribution is 1.81. The van der Waals surface area contributed by atoms with E-state index in [-0.39, 0.29) is 19.0 Å². The van der Waals surface area contributed by atoms with Gasteiger partial charge in [0, 0.05) is 18.2 Å². The van der Waals surface area contributed by atoms with Gasteiger partial charge in [0.05, 0.1) is 0 Å². The normalized spacial score (nSPS) is 11.3. The number of rotatable bonds is 2. The second-order valence-electron chi connectivity index (χ2n) is 1.44. The van der Waals surface area contributed by atoms with E-state index in [2.05, 4.69) is 0 Å². The molecule has 0 atom stereocenters. The lowest BCUT2D eigenvalue weighted by atomic mass is 10.7. The van der Waals surface area contributed by atoms with Crippen molar-refractivity contribution in [3.8, 4) is 0 Å². The topological polar surface area (TPSA) is 60.2 Å². The van der Waals surface area contributed by atoms with Crippen LogP contribution < -0.4 is 5.73 Å². The molecule has 0 amide bonds. The maximum absolute atomic E-state index is 10.2. The maximum atomic E-state index is 10.2. The van der Waals surface area contributed by atoms with Crippen molar-refractivity contribution >= 4 is 22.2 Å². The molecule has 0 fully saturated rings. The van der Waals surface area contributed by atoms with Crippen LogP contribution in [0.25, 0.3) is 0 Å². The molecule has 0 rings (SSSR count). The van der Waals surface area contributed by atoms with Gasteiger partial charge in [-0.25, -0.2) is 8.42 Å². The smallest absolute Gasteiger partial charge is 0.168 e. The summed E-state index contributed by atoms with van der Waals surface area (Å²) in [5, 5.41) is 1.09. The molecule has 0 aromatic heterocycles. The standard InChI is InChI=1S/C4H9NO2S.ClH/c1-8(6,7)4-2-3-5;/h2,4H,3,5H2,1H3;1H/b4-2+;. The molecule has 0 aliphatic heterocycles. The van der Waals surface area contributed by atoms with Crippen LogP contribution in [0.5, 0.6) is 0 Å². The van der Waals surface area contributed by atoms with Crippen molar-refractivity contribution in [2.45, 2.75) is 0 Å². The van der Waals surface area contributed by atoms with Crippen LogP contribution in [-0.2, 0) is 9.84 Å². The average molecular weight is 172 g/mol. The quantitative estimate of drug-likeness (QED) is 0.633. The largest absolute Gasteiger partial charge is 0.327 e. The fourth-order valence-electron chi connectivity index (χ4n) is 0.230. The molecule has 0 spiro atoms. The van der Waals surface area contributed by atoms with Crippen molar-refractivity contribution in [1.82, 2.24) is 0 Å². The molecule has 9 heavy (non-hydrogen) atoms. The molecular formula is C4H10ClNO2S. The van der Waals surface area contributed by atoms with Gasteiger partial charge in [-0.05, 0) is 0 Å². The lowest BCUT2D eigenvalue weighted by Crippen LogP contribution is -1.95. The van der Waals surface area contributed by atoms with Gasteiger partial charge in [-0.2, -0.15) is 0 Å². The summed E-state index contributed by atoms with van der Waals surface area (Å²) in [6, 6.07) is 0.